The highest BCUT2D eigenvalue weighted by atomic mass is 16.5. The SMILES string of the molecule is COC(=O)C1=Cc2cc(CCC(=O)c3cc(NC(=O)c4ccc(N(C)C)cc4)ccc3C)cnc2C1. The molecule has 0 saturated carbocycles. The lowest BCUT2D eigenvalue weighted by atomic mass is 9.98. The Morgan fingerprint density at radius 2 is 1.81 bits per heavy atom. The van der Waals surface area contributed by atoms with E-state index in [0.717, 1.165) is 28.1 Å². The number of fused-ring (bicyclic) bond motifs is 1. The third-order valence-corrected chi connectivity index (χ3v) is 6.28. The summed E-state index contributed by atoms with van der Waals surface area (Å²) >= 11 is 0. The molecule has 7 nitrogen and oxygen atoms in total. The van der Waals surface area contributed by atoms with Crippen LogP contribution in [-0.4, -0.2) is 43.8 Å². The first-order valence-corrected chi connectivity index (χ1v) is 11.7. The number of Topliss-reactive ketones (excluding diaryl/α,β-unsaturated/α-hetero) is 1. The number of esters is 1. The van der Waals surface area contributed by atoms with Crippen molar-refractivity contribution in [1.29, 1.82) is 0 Å². The Kier molecular flexibility index (Phi) is 7.29. The fourth-order valence-corrected chi connectivity index (χ4v) is 4.15. The minimum Gasteiger partial charge on any atom is -0.466 e. The Labute approximate surface area is 210 Å². The maximum atomic E-state index is 13.1. The van der Waals surface area contributed by atoms with Crippen LogP contribution in [0.1, 0.15) is 49.5 Å². The number of carbonyl (C=O) groups excluding carboxylic acids is 3. The first-order chi connectivity index (χ1) is 17.2. The average molecular weight is 484 g/mol. The number of methoxy groups -OCH3 is 1. The summed E-state index contributed by atoms with van der Waals surface area (Å²) < 4.78 is 4.80. The monoisotopic (exact) mass is 483 g/mol. The van der Waals surface area contributed by atoms with Gasteiger partial charge in [0.1, 0.15) is 0 Å². The van der Waals surface area contributed by atoms with Crippen LogP contribution >= 0.6 is 0 Å². The van der Waals surface area contributed by atoms with E-state index in [1.807, 2.05) is 50.2 Å². The average Bonchev–Trinajstić information content (AvgIpc) is 3.31. The summed E-state index contributed by atoms with van der Waals surface area (Å²) in [6.45, 7) is 1.88. The molecule has 1 aromatic heterocycles. The van der Waals surface area contributed by atoms with E-state index in [9.17, 15) is 14.4 Å². The van der Waals surface area contributed by atoms with Crippen molar-refractivity contribution in [2.45, 2.75) is 26.2 Å². The fourth-order valence-electron chi connectivity index (χ4n) is 4.15. The molecule has 0 saturated heterocycles. The fraction of sp³-hybridized carbons (Fsp3) is 0.241. The maximum absolute atomic E-state index is 13.1. The lowest BCUT2D eigenvalue weighted by molar-refractivity contribution is -0.136. The van der Waals surface area contributed by atoms with Crippen molar-refractivity contribution in [1.82, 2.24) is 4.98 Å². The summed E-state index contributed by atoms with van der Waals surface area (Å²) in [4.78, 5) is 44.0. The third kappa shape index (κ3) is 5.51. The van der Waals surface area contributed by atoms with Crippen LogP contribution in [0.2, 0.25) is 0 Å². The number of benzene rings is 2. The minimum absolute atomic E-state index is 0.00905. The number of aryl methyl sites for hydroxylation is 2. The van der Waals surface area contributed by atoms with Gasteiger partial charge in [-0.1, -0.05) is 6.07 Å². The van der Waals surface area contributed by atoms with Gasteiger partial charge in [-0.05, 0) is 78.6 Å². The highest BCUT2D eigenvalue weighted by Crippen LogP contribution is 2.26. The molecule has 1 aliphatic rings. The van der Waals surface area contributed by atoms with Gasteiger partial charge < -0.3 is 15.0 Å². The largest absolute Gasteiger partial charge is 0.466 e. The van der Waals surface area contributed by atoms with Crippen LogP contribution in [0.4, 0.5) is 11.4 Å². The zero-order valence-corrected chi connectivity index (χ0v) is 20.9. The topological polar surface area (TPSA) is 88.6 Å². The number of amides is 1. The number of carbonyl (C=O) groups is 3. The Balaban J connectivity index is 1.42. The zero-order valence-electron chi connectivity index (χ0n) is 20.9. The normalized spacial score (nSPS) is 11.9. The Hall–Kier alpha value is -4.26. The molecule has 0 radical (unpaired) electrons. The number of anilines is 2. The molecule has 36 heavy (non-hydrogen) atoms. The molecule has 1 aliphatic carbocycles. The smallest absolute Gasteiger partial charge is 0.334 e. The molecule has 2 aromatic carbocycles. The molecule has 1 heterocycles. The predicted octanol–water partition coefficient (Wildman–Crippen LogP) is 4.64. The van der Waals surface area contributed by atoms with Gasteiger partial charge in [-0.3, -0.25) is 14.6 Å². The number of nitrogens with one attached hydrogen (secondary N) is 1. The van der Waals surface area contributed by atoms with E-state index in [1.165, 1.54) is 7.11 Å². The van der Waals surface area contributed by atoms with Crippen LogP contribution in [0.3, 0.4) is 0 Å². The van der Waals surface area contributed by atoms with E-state index in [4.69, 9.17) is 4.74 Å². The van der Waals surface area contributed by atoms with Crippen molar-refractivity contribution in [2.75, 3.05) is 31.4 Å². The van der Waals surface area contributed by atoms with Gasteiger partial charge in [0.05, 0.1) is 12.8 Å². The van der Waals surface area contributed by atoms with Crippen LogP contribution < -0.4 is 10.2 Å². The summed E-state index contributed by atoms with van der Waals surface area (Å²) in [6, 6.07) is 14.7. The molecule has 0 unspecified atom stereocenters. The van der Waals surface area contributed by atoms with Crippen molar-refractivity contribution in [3.8, 4) is 0 Å². The Morgan fingerprint density at radius 1 is 1.06 bits per heavy atom. The van der Waals surface area contributed by atoms with Crippen LogP contribution in [0, 0.1) is 6.92 Å². The highest BCUT2D eigenvalue weighted by Gasteiger charge is 2.21. The molecule has 1 N–H and O–H groups in total. The predicted molar refractivity (Wildman–Crippen MR) is 140 cm³/mol. The van der Waals surface area contributed by atoms with Crippen molar-refractivity contribution in [3.63, 3.8) is 0 Å². The van der Waals surface area contributed by atoms with Crippen molar-refractivity contribution >= 4 is 35.1 Å². The van der Waals surface area contributed by atoms with Crippen LogP contribution in [-0.2, 0) is 22.4 Å². The summed E-state index contributed by atoms with van der Waals surface area (Å²) in [7, 11) is 5.25. The van der Waals surface area contributed by atoms with E-state index in [0.29, 0.717) is 41.6 Å². The van der Waals surface area contributed by atoms with Crippen LogP contribution in [0.25, 0.3) is 6.08 Å². The van der Waals surface area contributed by atoms with Crippen molar-refractivity contribution in [2.24, 2.45) is 0 Å². The van der Waals surface area contributed by atoms with Gasteiger partial charge >= 0.3 is 5.97 Å². The molecule has 0 bridgehead atoms. The second-order valence-corrected chi connectivity index (χ2v) is 9.07. The summed E-state index contributed by atoms with van der Waals surface area (Å²) in [5, 5.41) is 2.89. The number of rotatable bonds is 8. The summed E-state index contributed by atoms with van der Waals surface area (Å²) in [6.07, 6.45) is 4.83. The molecule has 7 heteroatoms. The number of pyridine rings is 1. The van der Waals surface area contributed by atoms with E-state index in [-0.39, 0.29) is 17.7 Å². The Bertz CT molecular complexity index is 1360. The molecular weight excluding hydrogens is 454 g/mol. The standard InChI is InChI=1S/C29H29N3O4/c1-18-5-9-23(31-28(34)20-7-10-24(11-8-20)32(2)3)16-25(18)27(33)12-6-19-13-21-14-22(29(35)36-4)15-26(21)30-17-19/h5,7-11,13-14,16-17H,6,12,15H2,1-4H3,(H,31,34). The lowest BCUT2D eigenvalue weighted by Crippen LogP contribution is -2.14. The quantitative estimate of drug-likeness (QED) is 0.371. The number of nitrogens with zero attached hydrogens (tertiary/aromatic N) is 2. The number of hydrogen-bond donors (Lipinski definition) is 1. The molecule has 0 atom stereocenters. The maximum Gasteiger partial charge on any atom is 0.334 e. The number of aromatic nitrogens is 1. The first-order valence-electron chi connectivity index (χ1n) is 11.7. The minimum atomic E-state index is -0.349. The van der Waals surface area contributed by atoms with E-state index < -0.39 is 0 Å². The van der Waals surface area contributed by atoms with Gasteiger partial charge in [-0.25, -0.2) is 4.79 Å². The van der Waals surface area contributed by atoms with Crippen LogP contribution in [0.15, 0.2) is 60.3 Å². The molecule has 3 aromatic rings. The van der Waals surface area contributed by atoms with Gasteiger partial charge in [-0.2, -0.15) is 0 Å². The first kappa shape index (κ1) is 24.9. The van der Waals surface area contributed by atoms with Gasteiger partial charge in [0, 0.05) is 61.2 Å². The van der Waals surface area contributed by atoms with Gasteiger partial charge in [0.25, 0.3) is 5.91 Å². The summed E-state index contributed by atoms with van der Waals surface area (Å²) in [5.74, 6) is -0.589. The van der Waals surface area contributed by atoms with Gasteiger partial charge in [-0.15, -0.1) is 0 Å². The molecule has 0 fully saturated rings. The number of hydrogen-bond acceptors (Lipinski definition) is 6. The van der Waals surface area contributed by atoms with Crippen LogP contribution in [0.5, 0.6) is 0 Å². The molecular formula is C29H29N3O4. The molecule has 184 valence electrons. The lowest BCUT2D eigenvalue weighted by Gasteiger charge is -2.13. The Morgan fingerprint density at radius 3 is 2.50 bits per heavy atom. The molecule has 1 amide bonds. The summed E-state index contributed by atoms with van der Waals surface area (Å²) in [5.41, 5.74) is 6.79. The number of ketones is 1. The van der Waals surface area contributed by atoms with Gasteiger partial charge in [0.15, 0.2) is 5.78 Å². The van der Waals surface area contributed by atoms with Crippen molar-refractivity contribution < 1.29 is 19.1 Å². The zero-order chi connectivity index (χ0) is 25.8. The van der Waals surface area contributed by atoms with Gasteiger partial charge in [0.2, 0.25) is 0 Å². The molecule has 4 rings (SSSR count). The second-order valence-electron chi connectivity index (χ2n) is 9.07. The van der Waals surface area contributed by atoms with E-state index in [1.54, 1.807) is 36.5 Å². The number of ether oxygens (including phenoxy) is 1. The van der Waals surface area contributed by atoms with E-state index in [2.05, 4.69) is 10.3 Å². The van der Waals surface area contributed by atoms with Crippen molar-refractivity contribution in [3.05, 3.63) is 93.8 Å². The third-order valence-electron chi connectivity index (χ3n) is 6.28. The van der Waals surface area contributed by atoms with E-state index >= 15 is 0 Å². The second kappa shape index (κ2) is 10.6. The molecule has 0 spiro atoms. The highest BCUT2D eigenvalue weighted by molar-refractivity contribution is 6.05. The molecule has 0 aliphatic heterocycles.